The van der Waals surface area contributed by atoms with Gasteiger partial charge in [-0.1, -0.05) is 6.92 Å². The number of hydrogen-bond donors (Lipinski definition) is 2. The molecule has 0 fully saturated rings. The Balaban J connectivity index is 2.72. The highest BCUT2D eigenvalue weighted by molar-refractivity contribution is 7.89. The highest BCUT2D eigenvalue weighted by atomic mass is 32.2. The van der Waals surface area contributed by atoms with Crippen LogP contribution in [0.3, 0.4) is 0 Å². The van der Waals surface area contributed by atoms with Crippen LogP contribution in [-0.4, -0.2) is 41.1 Å². The van der Waals surface area contributed by atoms with Gasteiger partial charge in [0.25, 0.3) is 5.91 Å². The van der Waals surface area contributed by atoms with Gasteiger partial charge in [0, 0.05) is 25.8 Å². The predicted molar refractivity (Wildman–Crippen MR) is 76.1 cm³/mol. The Bertz CT molecular complexity index is 526. The van der Waals surface area contributed by atoms with Crippen molar-refractivity contribution in [3.05, 3.63) is 29.8 Å². The van der Waals surface area contributed by atoms with Gasteiger partial charge in [-0.05, 0) is 30.7 Å². The zero-order valence-electron chi connectivity index (χ0n) is 11.7. The number of amides is 1. The molecule has 1 aromatic rings. The maximum absolute atomic E-state index is 11.9. The van der Waals surface area contributed by atoms with Crippen LogP contribution in [-0.2, 0) is 14.8 Å². The summed E-state index contributed by atoms with van der Waals surface area (Å²) >= 11 is 0. The second-order valence-electron chi connectivity index (χ2n) is 4.17. The van der Waals surface area contributed by atoms with Crippen LogP contribution in [0.5, 0.6) is 0 Å². The molecule has 0 heterocycles. The molecule has 0 aromatic heterocycles. The van der Waals surface area contributed by atoms with Crippen molar-refractivity contribution in [1.29, 1.82) is 0 Å². The van der Waals surface area contributed by atoms with Crippen LogP contribution in [0.1, 0.15) is 23.7 Å². The van der Waals surface area contributed by atoms with Gasteiger partial charge in [-0.3, -0.25) is 4.79 Å². The van der Waals surface area contributed by atoms with E-state index < -0.39 is 10.0 Å². The number of methoxy groups -OCH3 is 1. The number of rotatable bonds is 8. The van der Waals surface area contributed by atoms with Crippen molar-refractivity contribution < 1.29 is 17.9 Å². The molecule has 0 bridgehead atoms. The van der Waals surface area contributed by atoms with Crippen molar-refractivity contribution in [2.45, 2.75) is 18.2 Å². The largest absolute Gasteiger partial charge is 0.383 e. The first-order chi connectivity index (χ1) is 9.51. The third-order valence-electron chi connectivity index (χ3n) is 2.56. The number of hydrogen-bond acceptors (Lipinski definition) is 4. The van der Waals surface area contributed by atoms with Crippen LogP contribution in [0.2, 0.25) is 0 Å². The molecule has 0 radical (unpaired) electrons. The molecule has 1 amide bonds. The lowest BCUT2D eigenvalue weighted by Gasteiger charge is -2.07. The number of carbonyl (C=O) groups is 1. The molecule has 6 nitrogen and oxygen atoms in total. The summed E-state index contributed by atoms with van der Waals surface area (Å²) < 4.78 is 31.0. The summed E-state index contributed by atoms with van der Waals surface area (Å²) in [5.74, 6) is -0.205. The molecule has 0 aliphatic heterocycles. The highest BCUT2D eigenvalue weighted by Crippen LogP contribution is 2.10. The lowest BCUT2D eigenvalue weighted by molar-refractivity contribution is 0.0953. The molecule has 0 saturated heterocycles. The van der Waals surface area contributed by atoms with E-state index >= 15 is 0 Å². The van der Waals surface area contributed by atoms with Crippen molar-refractivity contribution in [3.8, 4) is 0 Å². The van der Waals surface area contributed by atoms with E-state index in [1.54, 1.807) is 0 Å². The van der Waals surface area contributed by atoms with E-state index in [9.17, 15) is 13.2 Å². The third kappa shape index (κ3) is 4.92. The van der Waals surface area contributed by atoms with Gasteiger partial charge < -0.3 is 10.1 Å². The van der Waals surface area contributed by atoms with Crippen molar-refractivity contribution in [2.24, 2.45) is 0 Å². The summed E-state index contributed by atoms with van der Waals surface area (Å²) in [5, 5.41) is 2.73. The van der Waals surface area contributed by atoms with Crippen molar-refractivity contribution >= 4 is 15.9 Å². The molecule has 0 unspecified atom stereocenters. The van der Waals surface area contributed by atoms with Gasteiger partial charge in [0.05, 0.1) is 11.5 Å². The van der Waals surface area contributed by atoms with E-state index in [1.165, 1.54) is 31.4 Å². The molecule has 7 heteroatoms. The molecular weight excluding hydrogens is 280 g/mol. The lowest BCUT2D eigenvalue weighted by Crippen LogP contribution is -2.27. The molecule has 0 saturated carbocycles. The molecule has 112 valence electrons. The second kappa shape index (κ2) is 7.98. The SMILES string of the molecule is CCCNC(=O)c1ccc(S(=O)(=O)NCCOC)cc1. The molecule has 20 heavy (non-hydrogen) atoms. The van der Waals surface area contributed by atoms with Crippen molar-refractivity contribution in [2.75, 3.05) is 26.8 Å². The average molecular weight is 300 g/mol. The molecule has 0 atom stereocenters. The summed E-state index contributed by atoms with van der Waals surface area (Å²) in [4.78, 5) is 11.8. The van der Waals surface area contributed by atoms with Crippen molar-refractivity contribution in [3.63, 3.8) is 0 Å². The van der Waals surface area contributed by atoms with Gasteiger partial charge in [-0.25, -0.2) is 13.1 Å². The molecule has 1 aromatic carbocycles. The van der Waals surface area contributed by atoms with Gasteiger partial charge in [-0.15, -0.1) is 0 Å². The highest BCUT2D eigenvalue weighted by Gasteiger charge is 2.14. The van der Waals surface area contributed by atoms with Gasteiger partial charge in [0.15, 0.2) is 0 Å². The topological polar surface area (TPSA) is 84.5 Å². The smallest absolute Gasteiger partial charge is 0.251 e. The predicted octanol–water partition coefficient (Wildman–Crippen LogP) is 0.751. The first kappa shape index (κ1) is 16.6. The Morgan fingerprint density at radius 1 is 1.20 bits per heavy atom. The number of sulfonamides is 1. The van der Waals surface area contributed by atoms with Crippen LogP contribution in [0.4, 0.5) is 0 Å². The summed E-state index contributed by atoms with van der Waals surface area (Å²) in [7, 11) is -2.06. The lowest BCUT2D eigenvalue weighted by atomic mass is 10.2. The number of benzene rings is 1. The summed E-state index contributed by atoms with van der Waals surface area (Å²) in [5.41, 5.74) is 0.439. The molecule has 0 aliphatic carbocycles. The van der Waals surface area contributed by atoms with E-state index in [1.807, 2.05) is 6.92 Å². The summed E-state index contributed by atoms with van der Waals surface area (Å²) in [6, 6.07) is 5.82. The molecule has 2 N–H and O–H groups in total. The van der Waals surface area contributed by atoms with E-state index in [-0.39, 0.29) is 17.3 Å². The molecular formula is C13H20N2O4S. The zero-order valence-corrected chi connectivity index (χ0v) is 12.5. The number of carbonyl (C=O) groups excluding carboxylic acids is 1. The normalized spacial score (nSPS) is 11.3. The Morgan fingerprint density at radius 3 is 2.40 bits per heavy atom. The summed E-state index contributed by atoms with van der Waals surface area (Å²) in [6.07, 6.45) is 0.849. The quantitative estimate of drug-likeness (QED) is 0.694. The average Bonchev–Trinajstić information content (AvgIpc) is 2.45. The molecule has 1 rings (SSSR count). The Labute approximate surface area is 119 Å². The van der Waals surface area contributed by atoms with Crippen molar-refractivity contribution in [1.82, 2.24) is 10.0 Å². The number of nitrogens with one attached hydrogen (secondary N) is 2. The standard InChI is InChI=1S/C13H20N2O4S/c1-3-8-14-13(16)11-4-6-12(7-5-11)20(17,18)15-9-10-19-2/h4-7,15H,3,8-10H2,1-2H3,(H,14,16). The van der Waals surface area contributed by atoms with Gasteiger partial charge >= 0.3 is 0 Å². The first-order valence-corrected chi connectivity index (χ1v) is 7.86. The fraction of sp³-hybridized carbons (Fsp3) is 0.462. The molecule has 0 aliphatic rings. The minimum Gasteiger partial charge on any atom is -0.383 e. The van der Waals surface area contributed by atoms with E-state index in [0.717, 1.165) is 6.42 Å². The second-order valence-corrected chi connectivity index (χ2v) is 5.94. The van der Waals surface area contributed by atoms with E-state index in [2.05, 4.69) is 10.0 Å². The van der Waals surface area contributed by atoms with E-state index in [0.29, 0.717) is 18.7 Å². The molecule has 0 spiro atoms. The van der Waals surface area contributed by atoms with Gasteiger partial charge in [0.2, 0.25) is 10.0 Å². The maximum Gasteiger partial charge on any atom is 0.251 e. The third-order valence-corrected chi connectivity index (χ3v) is 4.04. The van der Waals surface area contributed by atoms with E-state index in [4.69, 9.17) is 4.74 Å². The Hall–Kier alpha value is -1.44. The Kier molecular flexibility index (Phi) is 6.63. The zero-order chi connectivity index (χ0) is 15.0. The fourth-order valence-electron chi connectivity index (χ4n) is 1.49. The monoisotopic (exact) mass is 300 g/mol. The van der Waals surface area contributed by atoms with Gasteiger partial charge in [0.1, 0.15) is 0 Å². The van der Waals surface area contributed by atoms with Gasteiger partial charge in [-0.2, -0.15) is 0 Å². The first-order valence-electron chi connectivity index (χ1n) is 6.38. The summed E-state index contributed by atoms with van der Waals surface area (Å²) in [6.45, 7) is 3.06. The minimum atomic E-state index is -3.55. The fourth-order valence-corrected chi connectivity index (χ4v) is 2.50. The minimum absolute atomic E-state index is 0.126. The van der Waals surface area contributed by atoms with Crippen LogP contribution in [0.15, 0.2) is 29.2 Å². The number of ether oxygens (including phenoxy) is 1. The Morgan fingerprint density at radius 2 is 1.85 bits per heavy atom. The van der Waals surface area contributed by atoms with Crippen LogP contribution >= 0.6 is 0 Å². The van der Waals surface area contributed by atoms with Crippen LogP contribution < -0.4 is 10.0 Å². The van der Waals surface area contributed by atoms with Crippen LogP contribution in [0.25, 0.3) is 0 Å². The maximum atomic E-state index is 11.9. The van der Waals surface area contributed by atoms with Crippen LogP contribution in [0, 0.1) is 0 Å².